The van der Waals surface area contributed by atoms with Gasteiger partial charge in [0.1, 0.15) is 6.61 Å². The van der Waals surface area contributed by atoms with Crippen LogP contribution in [-0.4, -0.2) is 38.8 Å². The van der Waals surface area contributed by atoms with E-state index in [1.54, 1.807) is 0 Å². The molecule has 0 aliphatic carbocycles. The van der Waals surface area contributed by atoms with Crippen molar-refractivity contribution in [2.75, 3.05) is 26.8 Å². The SMILES string of the molecule is CNC(C)CNC(=O)COCCc1ccccc1.Cl. The third-order valence-corrected chi connectivity index (χ3v) is 2.71. The van der Waals surface area contributed by atoms with Crippen molar-refractivity contribution in [2.24, 2.45) is 0 Å². The minimum atomic E-state index is -0.0647. The molecule has 5 heteroatoms. The molecule has 0 saturated heterocycles. The molecule has 0 radical (unpaired) electrons. The second kappa shape index (κ2) is 10.8. The van der Waals surface area contributed by atoms with Crippen LogP contribution in [0.3, 0.4) is 0 Å². The molecular weight excluding hydrogens is 264 g/mol. The van der Waals surface area contributed by atoms with Crippen LogP contribution in [-0.2, 0) is 16.0 Å². The van der Waals surface area contributed by atoms with E-state index in [0.717, 1.165) is 6.42 Å². The molecule has 0 fully saturated rings. The highest BCUT2D eigenvalue weighted by molar-refractivity contribution is 5.85. The van der Waals surface area contributed by atoms with Crippen molar-refractivity contribution < 1.29 is 9.53 Å². The largest absolute Gasteiger partial charge is 0.371 e. The highest BCUT2D eigenvalue weighted by Gasteiger charge is 2.03. The van der Waals surface area contributed by atoms with E-state index in [4.69, 9.17) is 4.74 Å². The summed E-state index contributed by atoms with van der Waals surface area (Å²) < 4.78 is 5.33. The standard InChI is InChI=1S/C14H22N2O2.ClH/c1-12(15-2)10-16-14(17)11-18-9-8-13-6-4-3-5-7-13;/h3-7,12,15H,8-11H2,1-2H3,(H,16,17);1H. The van der Waals surface area contributed by atoms with Crippen LogP contribution in [0.4, 0.5) is 0 Å². The number of hydrogen-bond donors (Lipinski definition) is 2. The van der Waals surface area contributed by atoms with Crippen molar-refractivity contribution in [3.8, 4) is 0 Å². The maximum atomic E-state index is 11.4. The topological polar surface area (TPSA) is 50.4 Å². The zero-order valence-corrected chi connectivity index (χ0v) is 12.3. The monoisotopic (exact) mass is 286 g/mol. The summed E-state index contributed by atoms with van der Waals surface area (Å²) in [7, 11) is 1.87. The maximum Gasteiger partial charge on any atom is 0.246 e. The van der Waals surface area contributed by atoms with Crippen LogP contribution in [0, 0.1) is 0 Å². The van der Waals surface area contributed by atoms with Gasteiger partial charge in [0.25, 0.3) is 0 Å². The van der Waals surface area contributed by atoms with Crippen molar-refractivity contribution in [3.05, 3.63) is 35.9 Å². The first-order valence-electron chi connectivity index (χ1n) is 6.28. The van der Waals surface area contributed by atoms with Crippen LogP contribution < -0.4 is 10.6 Å². The molecule has 2 N–H and O–H groups in total. The molecule has 108 valence electrons. The molecule has 19 heavy (non-hydrogen) atoms. The molecule has 0 aromatic heterocycles. The van der Waals surface area contributed by atoms with E-state index in [-0.39, 0.29) is 31.0 Å². The van der Waals surface area contributed by atoms with Gasteiger partial charge in [0.2, 0.25) is 5.91 Å². The highest BCUT2D eigenvalue weighted by atomic mass is 35.5. The second-order valence-corrected chi connectivity index (χ2v) is 4.28. The fraction of sp³-hybridized carbons (Fsp3) is 0.500. The summed E-state index contributed by atoms with van der Waals surface area (Å²) in [6.07, 6.45) is 0.834. The van der Waals surface area contributed by atoms with Crippen molar-refractivity contribution in [1.29, 1.82) is 0 Å². The van der Waals surface area contributed by atoms with Gasteiger partial charge in [-0.05, 0) is 26.0 Å². The first-order valence-corrected chi connectivity index (χ1v) is 6.28. The average molecular weight is 287 g/mol. The van der Waals surface area contributed by atoms with Crippen molar-refractivity contribution in [3.63, 3.8) is 0 Å². The number of rotatable bonds is 8. The molecule has 0 heterocycles. The second-order valence-electron chi connectivity index (χ2n) is 4.28. The summed E-state index contributed by atoms with van der Waals surface area (Å²) in [4.78, 5) is 11.4. The van der Waals surface area contributed by atoms with Crippen LogP contribution in [0.25, 0.3) is 0 Å². The predicted octanol–water partition coefficient (Wildman–Crippen LogP) is 1.39. The first kappa shape index (κ1) is 17.9. The number of likely N-dealkylation sites (N-methyl/N-ethyl adjacent to an activating group) is 1. The lowest BCUT2D eigenvalue weighted by Gasteiger charge is -2.11. The fourth-order valence-corrected chi connectivity index (χ4v) is 1.42. The number of halogens is 1. The third kappa shape index (κ3) is 8.59. The van der Waals surface area contributed by atoms with Crippen LogP contribution in [0.2, 0.25) is 0 Å². The lowest BCUT2D eigenvalue weighted by Crippen LogP contribution is -2.38. The van der Waals surface area contributed by atoms with E-state index in [1.165, 1.54) is 5.56 Å². The Kier molecular flexibility index (Phi) is 10.2. The van der Waals surface area contributed by atoms with Gasteiger partial charge < -0.3 is 15.4 Å². The summed E-state index contributed by atoms with van der Waals surface area (Å²) in [6.45, 7) is 3.33. The van der Waals surface area contributed by atoms with Crippen molar-refractivity contribution in [2.45, 2.75) is 19.4 Å². The predicted molar refractivity (Wildman–Crippen MR) is 79.7 cm³/mol. The molecule has 4 nitrogen and oxygen atoms in total. The number of carbonyl (C=O) groups excluding carboxylic acids is 1. The third-order valence-electron chi connectivity index (χ3n) is 2.71. The number of amides is 1. The number of hydrogen-bond acceptors (Lipinski definition) is 3. The Balaban J connectivity index is 0.00000324. The van der Waals surface area contributed by atoms with Crippen LogP contribution >= 0.6 is 12.4 Å². The summed E-state index contributed by atoms with van der Waals surface area (Å²) in [5.41, 5.74) is 1.22. The normalized spacial score (nSPS) is 11.5. The van der Waals surface area contributed by atoms with Gasteiger partial charge in [0.15, 0.2) is 0 Å². The maximum absolute atomic E-state index is 11.4. The van der Waals surface area contributed by atoms with Gasteiger partial charge in [-0.2, -0.15) is 0 Å². The molecule has 1 atom stereocenters. The van der Waals surface area contributed by atoms with Gasteiger partial charge in [0.05, 0.1) is 6.61 Å². The molecular formula is C14H23ClN2O2. The van der Waals surface area contributed by atoms with Gasteiger partial charge >= 0.3 is 0 Å². The zero-order valence-electron chi connectivity index (χ0n) is 11.5. The molecule has 1 aromatic carbocycles. The van der Waals surface area contributed by atoms with Gasteiger partial charge in [-0.1, -0.05) is 30.3 Å². The Morgan fingerprint density at radius 3 is 2.63 bits per heavy atom. The Labute approximate surface area is 121 Å². The number of benzene rings is 1. The molecule has 1 amide bonds. The quantitative estimate of drug-likeness (QED) is 0.710. The van der Waals surface area contributed by atoms with Gasteiger partial charge in [-0.25, -0.2) is 0 Å². The lowest BCUT2D eigenvalue weighted by atomic mass is 10.2. The molecule has 0 spiro atoms. The smallest absolute Gasteiger partial charge is 0.246 e. The van der Waals surface area contributed by atoms with E-state index >= 15 is 0 Å². The van der Waals surface area contributed by atoms with E-state index in [9.17, 15) is 4.79 Å². The van der Waals surface area contributed by atoms with Crippen molar-refractivity contribution in [1.82, 2.24) is 10.6 Å². The molecule has 0 aliphatic rings. The van der Waals surface area contributed by atoms with Gasteiger partial charge in [0, 0.05) is 12.6 Å². The molecule has 0 bridgehead atoms. The highest BCUT2D eigenvalue weighted by Crippen LogP contribution is 1.99. The summed E-state index contributed by atoms with van der Waals surface area (Å²) in [6, 6.07) is 10.4. The van der Waals surface area contributed by atoms with E-state index in [0.29, 0.717) is 13.2 Å². The summed E-state index contributed by atoms with van der Waals surface area (Å²) >= 11 is 0. The van der Waals surface area contributed by atoms with E-state index in [2.05, 4.69) is 22.8 Å². The van der Waals surface area contributed by atoms with Crippen LogP contribution in [0.15, 0.2) is 30.3 Å². The summed E-state index contributed by atoms with van der Waals surface area (Å²) in [5, 5.41) is 5.86. The van der Waals surface area contributed by atoms with E-state index in [1.807, 2.05) is 32.2 Å². The minimum absolute atomic E-state index is 0. The van der Waals surface area contributed by atoms with Gasteiger partial charge in [-0.15, -0.1) is 12.4 Å². The fourth-order valence-electron chi connectivity index (χ4n) is 1.42. The Bertz CT molecular complexity index is 347. The number of carbonyl (C=O) groups is 1. The Morgan fingerprint density at radius 2 is 2.00 bits per heavy atom. The molecule has 0 saturated carbocycles. The number of ether oxygens (including phenoxy) is 1. The lowest BCUT2D eigenvalue weighted by molar-refractivity contribution is -0.125. The molecule has 0 aliphatic heterocycles. The summed E-state index contributed by atoms with van der Waals surface area (Å²) in [5.74, 6) is -0.0647. The average Bonchev–Trinajstić information content (AvgIpc) is 2.42. The molecule has 1 unspecified atom stereocenters. The van der Waals surface area contributed by atoms with Crippen molar-refractivity contribution >= 4 is 18.3 Å². The van der Waals surface area contributed by atoms with Crippen LogP contribution in [0.5, 0.6) is 0 Å². The Morgan fingerprint density at radius 1 is 1.32 bits per heavy atom. The Hall–Kier alpha value is -1.10. The molecule has 1 aromatic rings. The van der Waals surface area contributed by atoms with Gasteiger partial charge in [-0.3, -0.25) is 4.79 Å². The van der Waals surface area contributed by atoms with E-state index < -0.39 is 0 Å². The van der Waals surface area contributed by atoms with Crippen LogP contribution in [0.1, 0.15) is 12.5 Å². The molecule has 1 rings (SSSR count). The first-order chi connectivity index (χ1) is 8.72. The number of nitrogens with one attached hydrogen (secondary N) is 2. The zero-order chi connectivity index (χ0) is 13.2. The minimum Gasteiger partial charge on any atom is -0.371 e.